The Morgan fingerprint density at radius 2 is 1.95 bits per heavy atom. The van der Waals surface area contributed by atoms with Gasteiger partial charge in [-0.3, -0.25) is 9.80 Å². The number of carbonyl (C=O) groups excluding carboxylic acids is 1. The van der Waals surface area contributed by atoms with Gasteiger partial charge in [0.1, 0.15) is 24.2 Å². The second-order valence-electron chi connectivity index (χ2n) is 12.8. The molecule has 0 radical (unpaired) electrons. The Balaban J connectivity index is 1.24. The van der Waals surface area contributed by atoms with Crippen LogP contribution in [-0.2, 0) is 17.7 Å². The van der Waals surface area contributed by atoms with Crippen molar-refractivity contribution >= 4 is 11.9 Å². The minimum Gasteiger partial charge on any atom is -0.461 e. The first kappa shape index (κ1) is 25.1. The maximum Gasteiger partial charge on any atom is 0.410 e. The van der Waals surface area contributed by atoms with Crippen molar-refractivity contribution < 1.29 is 18.7 Å². The van der Waals surface area contributed by atoms with Crippen LogP contribution in [0.5, 0.6) is 6.01 Å². The second kappa shape index (κ2) is 9.22. The number of amides is 1. The van der Waals surface area contributed by atoms with Gasteiger partial charge >= 0.3 is 12.1 Å². The normalized spacial score (nSPS) is 33.4. The summed E-state index contributed by atoms with van der Waals surface area (Å²) in [4.78, 5) is 29.3. The van der Waals surface area contributed by atoms with Crippen LogP contribution in [-0.4, -0.2) is 94.1 Å². The van der Waals surface area contributed by atoms with Crippen molar-refractivity contribution in [3.8, 4) is 6.01 Å². The Labute approximate surface area is 219 Å². The fourth-order valence-corrected chi connectivity index (χ4v) is 7.16. The number of aromatic nitrogens is 2. The molecule has 1 aromatic rings. The maximum atomic E-state index is 14.3. The number of ether oxygens (including phenoxy) is 2. The van der Waals surface area contributed by atoms with Gasteiger partial charge in [0.15, 0.2) is 0 Å². The average Bonchev–Trinajstić information content (AvgIpc) is 3.43. The Hall–Kier alpha value is -2.20. The number of nitrogens with one attached hydrogen (secondary N) is 1. The molecule has 0 saturated carbocycles. The molecule has 204 valence electrons. The van der Waals surface area contributed by atoms with Crippen LogP contribution in [0.15, 0.2) is 0 Å². The third kappa shape index (κ3) is 4.75. The monoisotopic (exact) mass is 516 g/mol. The molecule has 4 fully saturated rings. The van der Waals surface area contributed by atoms with Crippen molar-refractivity contribution in [2.24, 2.45) is 0 Å². The lowest BCUT2D eigenvalue weighted by molar-refractivity contribution is 0.0122. The number of hydrogen-bond acceptors (Lipinski definition) is 8. The molecule has 2 bridgehead atoms. The van der Waals surface area contributed by atoms with Crippen LogP contribution < -0.4 is 15.0 Å². The van der Waals surface area contributed by atoms with Crippen molar-refractivity contribution in [1.29, 1.82) is 0 Å². The van der Waals surface area contributed by atoms with E-state index in [0.717, 1.165) is 63.3 Å². The van der Waals surface area contributed by atoms with Crippen molar-refractivity contribution in [1.82, 2.24) is 25.1 Å². The summed E-state index contributed by atoms with van der Waals surface area (Å²) < 4.78 is 26.3. The van der Waals surface area contributed by atoms with Crippen molar-refractivity contribution in [2.75, 3.05) is 37.7 Å². The Morgan fingerprint density at radius 3 is 2.68 bits per heavy atom. The molecule has 1 N–H and O–H groups in total. The number of fused-ring (bicyclic) bond motifs is 4. The highest BCUT2D eigenvalue weighted by molar-refractivity contribution is 5.70. The van der Waals surface area contributed by atoms with E-state index in [9.17, 15) is 9.18 Å². The minimum atomic E-state index is -0.786. The largest absolute Gasteiger partial charge is 0.461 e. The van der Waals surface area contributed by atoms with Gasteiger partial charge in [0, 0.05) is 44.2 Å². The number of piperazine rings is 1. The summed E-state index contributed by atoms with van der Waals surface area (Å²) in [5.41, 5.74) is 1.42. The number of nitrogens with zero attached hydrogens (tertiary/aromatic N) is 5. The molecule has 5 atom stereocenters. The minimum absolute atomic E-state index is 0.105. The van der Waals surface area contributed by atoms with Crippen LogP contribution in [0.2, 0.25) is 0 Å². The smallest absolute Gasteiger partial charge is 0.410 e. The zero-order valence-electron chi connectivity index (χ0n) is 22.6. The van der Waals surface area contributed by atoms with Crippen LogP contribution in [0.25, 0.3) is 0 Å². The molecular formula is C27H41FN6O3. The van der Waals surface area contributed by atoms with E-state index in [1.54, 1.807) is 0 Å². The van der Waals surface area contributed by atoms with E-state index >= 15 is 0 Å². The number of alkyl halides is 1. The summed E-state index contributed by atoms with van der Waals surface area (Å²) in [6.07, 6.45) is 4.36. The highest BCUT2D eigenvalue weighted by Crippen LogP contribution is 2.41. The lowest BCUT2D eigenvalue weighted by atomic mass is 9.95. The third-order valence-corrected chi connectivity index (χ3v) is 8.80. The summed E-state index contributed by atoms with van der Waals surface area (Å²) in [6.45, 7) is 11.9. The number of hydrogen-bond donors (Lipinski definition) is 1. The SMILES string of the molecule is CC1Cc2c(nc(OC[C@@]34CCCN3C[C@H](F)C4)nc2N2C[C@H]3CC[C@@H](C2)N3C(=O)OC(C)(C)C)CN1. The summed E-state index contributed by atoms with van der Waals surface area (Å²) in [6, 6.07) is 0.935. The average molecular weight is 517 g/mol. The first-order valence-corrected chi connectivity index (χ1v) is 14.0. The molecule has 1 amide bonds. The van der Waals surface area contributed by atoms with Gasteiger partial charge in [0.2, 0.25) is 0 Å². The van der Waals surface area contributed by atoms with Gasteiger partial charge in [-0.25, -0.2) is 9.18 Å². The molecule has 5 aliphatic heterocycles. The molecule has 5 aliphatic rings. The third-order valence-electron chi connectivity index (χ3n) is 8.80. The summed E-state index contributed by atoms with van der Waals surface area (Å²) in [5.74, 6) is 0.935. The molecule has 37 heavy (non-hydrogen) atoms. The van der Waals surface area contributed by atoms with Gasteiger partial charge in [-0.15, -0.1) is 0 Å². The number of carbonyl (C=O) groups is 1. The van der Waals surface area contributed by atoms with Crippen LogP contribution in [0.4, 0.5) is 15.0 Å². The van der Waals surface area contributed by atoms with E-state index in [-0.39, 0.29) is 23.7 Å². The predicted octanol–water partition coefficient (Wildman–Crippen LogP) is 3.05. The molecule has 0 spiro atoms. The first-order chi connectivity index (χ1) is 17.6. The van der Waals surface area contributed by atoms with E-state index in [0.29, 0.717) is 38.2 Å². The predicted molar refractivity (Wildman–Crippen MR) is 138 cm³/mol. The molecule has 10 heteroatoms. The Bertz CT molecular complexity index is 1040. The van der Waals surface area contributed by atoms with Gasteiger partial charge in [0.25, 0.3) is 0 Å². The highest BCUT2D eigenvalue weighted by Gasteiger charge is 2.50. The van der Waals surface area contributed by atoms with Crippen molar-refractivity contribution in [2.45, 2.75) is 108 Å². The maximum absolute atomic E-state index is 14.3. The molecule has 1 aromatic heterocycles. The standard InChI is InChI=1S/C27H41FN6O3/c1-17-10-21-22(12-29-17)30-24(36-16-27-8-5-9-33(27)13-18(28)11-27)31-23(21)32-14-19-6-7-20(15-32)34(19)25(35)37-26(2,3)4/h17-20,29H,5-16H2,1-4H3/t17?,18-,19-,20+,27+/m1/s1. The van der Waals surface area contributed by atoms with E-state index in [4.69, 9.17) is 19.4 Å². The number of anilines is 1. The fourth-order valence-electron chi connectivity index (χ4n) is 7.16. The molecule has 6 rings (SSSR count). The summed E-state index contributed by atoms with van der Waals surface area (Å²) in [7, 11) is 0. The van der Waals surface area contributed by atoms with Gasteiger partial charge in [-0.1, -0.05) is 0 Å². The summed E-state index contributed by atoms with van der Waals surface area (Å²) >= 11 is 0. The van der Waals surface area contributed by atoms with Crippen molar-refractivity contribution in [3.05, 3.63) is 11.3 Å². The van der Waals surface area contributed by atoms with E-state index in [2.05, 4.69) is 22.0 Å². The Kier molecular flexibility index (Phi) is 6.25. The van der Waals surface area contributed by atoms with E-state index in [1.807, 2.05) is 25.7 Å². The zero-order chi connectivity index (χ0) is 25.9. The van der Waals surface area contributed by atoms with Gasteiger partial charge in [-0.2, -0.15) is 9.97 Å². The highest BCUT2D eigenvalue weighted by atomic mass is 19.1. The van der Waals surface area contributed by atoms with Crippen LogP contribution in [0.1, 0.15) is 71.1 Å². The van der Waals surface area contributed by atoms with E-state index < -0.39 is 11.8 Å². The molecule has 0 aliphatic carbocycles. The zero-order valence-corrected chi connectivity index (χ0v) is 22.6. The lowest BCUT2D eigenvalue weighted by Crippen LogP contribution is -2.57. The lowest BCUT2D eigenvalue weighted by Gasteiger charge is -2.42. The Morgan fingerprint density at radius 1 is 1.19 bits per heavy atom. The molecule has 1 unspecified atom stereocenters. The van der Waals surface area contributed by atoms with Crippen LogP contribution >= 0.6 is 0 Å². The molecule has 9 nitrogen and oxygen atoms in total. The molecular weight excluding hydrogens is 475 g/mol. The topological polar surface area (TPSA) is 83.1 Å². The number of halogens is 1. The van der Waals surface area contributed by atoms with Gasteiger partial charge in [0.05, 0.1) is 23.3 Å². The fraction of sp³-hybridized carbons (Fsp3) is 0.815. The van der Waals surface area contributed by atoms with Gasteiger partial charge in [-0.05, 0) is 66.3 Å². The van der Waals surface area contributed by atoms with Crippen LogP contribution in [0, 0.1) is 0 Å². The van der Waals surface area contributed by atoms with Crippen molar-refractivity contribution in [3.63, 3.8) is 0 Å². The molecule has 4 saturated heterocycles. The molecule has 0 aromatic carbocycles. The first-order valence-electron chi connectivity index (χ1n) is 14.0. The van der Waals surface area contributed by atoms with E-state index in [1.165, 1.54) is 5.56 Å². The van der Waals surface area contributed by atoms with Gasteiger partial charge < -0.3 is 19.7 Å². The number of rotatable bonds is 4. The molecule has 6 heterocycles. The quantitative estimate of drug-likeness (QED) is 0.654. The van der Waals surface area contributed by atoms with Crippen LogP contribution in [0.3, 0.4) is 0 Å². The second-order valence-corrected chi connectivity index (χ2v) is 12.8. The summed E-state index contributed by atoms with van der Waals surface area (Å²) in [5, 5.41) is 3.52.